The summed E-state index contributed by atoms with van der Waals surface area (Å²) in [4.78, 5) is 23.4. The Bertz CT molecular complexity index is 703. The summed E-state index contributed by atoms with van der Waals surface area (Å²) in [6.45, 7) is 6.30. The molecule has 0 saturated carbocycles. The number of aryl methyl sites for hydroxylation is 1. The second-order valence-corrected chi connectivity index (χ2v) is 6.40. The number of amides is 1. The third-order valence-corrected chi connectivity index (χ3v) is 3.97. The summed E-state index contributed by atoms with van der Waals surface area (Å²) in [5.41, 5.74) is 2.02. The molecule has 2 rings (SSSR count). The van der Waals surface area contributed by atoms with Gasteiger partial charge in [0.1, 0.15) is 6.54 Å². The van der Waals surface area contributed by atoms with E-state index in [0.717, 1.165) is 16.6 Å². The van der Waals surface area contributed by atoms with Gasteiger partial charge in [-0.25, -0.2) is 0 Å². The molecule has 0 aliphatic heterocycles. The molecule has 2 N–H and O–H groups in total. The van der Waals surface area contributed by atoms with Crippen molar-refractivity contribution < 1.29 is 14.7 Å². The second kappa shape index (κ2) is 7.31. The van der Waals surface area contributed by atoms with Crippen molar-refractivity contribution in [2.75, 3.05) is 6.54 Å². The van der Waals surface area contributed by atoms with Gasteiger partial charge in [0.05, 0.1) is 5.92 Å². The van der Waals surface area contributed by atoms with Gasteiger partial charge in [-0.05, 0) is 36.8 Å². The molecule has 0 radical (unpaired) electrons. The zero-order chi connectivity index (χ0) is 17.0. The van der Waals surface area contributed by atoms with Crippen LogP contribution in [0.15, 0.2) is 30.3 Å². The van der Waals surface area contributed by atoms with E-state index in [1.165, 1.54) is 0 Å². The lowest BCUT2D eigenvalue weighted by atomic mass is 9.97. The predicted molar refractivity (Wildman–Crippen MR) is 90.3 cm³/mol. The van der Waals surface area contributed by atoms with Gasteiger partial charge in [-0.1, -0.05) is 32.0 Å². The third-order valence-electron chi connectivity index (χ3n) is 3.97. The molecule has 1 amide bonds. The van der Waals surface area contributed by atoms with E-state index >= 15 is 0 Å². The fourth-order valence-electron chi connectivity index (χ4n) is 2.84. The molecule has 1 aromatic heterocycles. The normalized spacial score (nSPS) is 12.5. The van der Waals surface area contributed by atoms with E-state index in [2.05, 4.69) is 5.32 Å². The van der Waals surface area contributed by atoms with Crippen LogP contribution in [-0.4, -0.2) is 28.1 Å². The van der Waals surface area contributed by atoms with Gasteiger partial charge in [-0.3, -0.25) is 9.59 Å². The first kappa shape index (κ1) is 17.1. The first-order valence-electron chi connectivity index (χ1n) is 7.93. The number of hydrogen-bond donors (Lipinski definition) is 2. The van der Waals surface area contributed by atoms with Gasteiger partial charge < -0.3 is 15.0 Å². The number of para-hydroxylation sites is 1. The van der Waals surface area contributed by atoms with Crippen LogP contribution in [0.1, 0.15) is 26.0 Å². The van der Waals surface area contributed by atoms with E-state index < -0.39 is 11.9 Å². The number of rotatable bonds is 7. The number of fused-ring (bicyclic) bond motifs is 1. The second-order valence-electron chi connectivity index (χ2n) is 6.40. The highest BCUT2D eigenvalue weighted by Gasteiger charge is 2.20. The third kappa shape index (κ3) is 4.34. The first-order chi connectivity index (χ1) is 10.9. The highest BCUT2D eigenvalue weighted by atomic mass is 16.4. The van der Waals surface area contributed by atoms with E-state index in [4.69, 9.17) is 0 Å². The van der Waals surface area contributed by atoms with Crippen molar-refractivity contribution in [3.8, 4) is 0 Å². The average Bonchev–Trinajstić information content (AvgIpc) is 2.79. The summed E-state index contributed by atoms with van der Waals surface area (Å²) in [5.74, 6) is -1.28. The predicted octanol–water partition coefficient (Wildman–Crippen LogP) is 2.81. The fourth-order valence-corrected chi connectivity index (χ4v) is 2.84. The fraction of sp³-hybridized carbons (Fsp3) is 0.444. The smallest absolute Gasteiger partial charge is 0.308 e. The molecular weight excluding hydrogens is 292 g/mol. The molecule has 5 heteroatoms. The zero-order valence-corrected chi connectivity index (χ0v) is 13.9. The maximum Gasteiger partial charge on any atom is 0.308 e. The van der Waals surface area contributed by atoms with Crippen LogP contribution in [0.3, 0.4) is 0 Å². The standard InChI is InChI=1S/C18H24N2O3/c1-12(2)8-15(18(22)23)10-19-17(21)11-20-13(3)9-14-6-4-5-7-16(14)20/h4-7,9,12,15H,8,10-11H2,1-3H3,(H,19,21)(H,22,23). The number of benzene rings is 1. The number of hydrogen-bond acceptors (Lipinski definition) is 2. The molecule has 1 aromatic carbocycles. The Labute approximate surface area is 136 Å². The Balaban J connectivity index is 2.01. The van der Waals surface area contributed by atoms with Crippen LogP contribution in [-0.2, 0) is 16.1 Å². The minimum absolute atomic E-state index is 0.163. The van der Waals surface area contributed by atoms with Gasteiger partial charge in [0.2, 0.25) is 5.91 Å². The number of aliphatic carboxylic acids is 1. The highest BCUT2D eigenvalue weighted by Crippen LogP contribution is 2.19. The summed E-state index contributed by atoms with van der Waals surface area (Å²) in [5, 5.41) is 13.1. The van der Waals surface area contributed by atoms with E-state index in [1.54, 1.807) is 0 Å². The van der Waals surface area contributed by atoms with Crippen molar-refractivity contribution in [3.63, 3.8) is 0 Å². The monoisotopic (exact) mass is 316 g/mol. The summed E-state index contributed by atoms with van der Waals surface area (Å²) in [6, 6.07) is 9.95. The quantitative estimate of drug-likeness (QED) is 0.825. The maximum absolute atomic E-state index is 12.2. The van der Waals surface area contributed by atoms with E-state index in [9.17, 15) is 14.7 Å². The van der Waals surface area contributed by atoms with Crippen LogP contribution in [0.4, 0.5) is 0 Å². The summed E-state index contributed by atoms with van der Waals surface area (Å²) < 4.78 is 1.95. The number of nitrogens with one attached hydrogen (secondary N) is 1. The molecule has 1 atom stereocenters. The molecule has 0 aliphatic rings. The van der Waals surface area contributed by atoms with Gasteiger partial charge in [0.15, 0.2) is 0 Å². The number of carbonyl (C=O) groups excluding carboxylic acids is 1. The molecule has 0 spiro atoms. The van der Waals surface area contributed by atoms with Gasteiger partial charge in [-0.15, -0.1) is 0 Å². The van der Waals surface area contributed by atoms with Crippen molar-refractivity contribution in [2.45, 2.75) is 33.7 Å². The van der Waals surface area contributed by atoms with E-state index in [1.807, 2.05) is 55.7 Å². The molecule has 2 aromatic rings. The van der Waals surface area contributed by atoms with Crippen molar-refractivity contribution in [2.24, 2.45) is 11.8 Å². The molecule has 0 bridgehead atoms. The SMILES string of the molecule is Cc1cc2ccccc2n1CC(=O)NCC(CC(C)C)C(=O)O. The van der Waals surface area contributed by atoms with Crippen molar-refractivity contribution in [3.05, 3.63) is 36.0 Å². The summed E-state index contributed by atoms with van der Waals surface area (Å²) in [7, 11) is 0. The number of carbonyl (C=O) groups is 2. The van der Waals surface area contributed by atoms with E-state index in [-0.39, 0.29) is 24.9 Å². The number of aromatic nitrogens is 1. The molecule has 5 nitrogen and oxygen atoms in total. The molecule has 124 valence electrons. The van der Waals surface area contributed by atoms with Crippen LogP contribution < -0.4 is 5.32 Å². The Morgan fingerprint density at radius 2 is 1.96 bits per heavy atom. The van der Waals surface area contributed by atoms with Crippen LogP contribution in [0.2, 0.25) is 0 Å². The maximum atomic E-state index is 12.2. The van der Waals surface area contributed by atoms with Crippen LogP contribution >= 0.6 is 0 Å². The van der Waals surface area contributed by atoms with Gasteiger partial charge in [0.25, 0.3) is 0 Å². The van der Waals surface area contributed by atoms with Crippen LogP contribution in [0, 0.1) is 18.8 Å². The zero-order valence-electron chi connectivity index (χ0n) is 13.9. The van der Waals surface area contributed by atoms with Crippen molar-refractivity contribution >= 4 is 22.8 Å². The molecule has 1 heterocycles. The molecule has 23 heavy (non-hydrogen) atoms. The average molecular weight is 316 g/mol. The van der Waals surface area contributed by atoms with Gasteiger partial charge >= 0.3 is 5.97 Å². The molecule has 1 unspecified atom stereocenters. The number of carboxylic acid groups (broad SMARTS) is 1. The summed E-state index contributed by atoms with van der Waals surface area (Å²) in [6.07, 6.45) is 0.557. The molecule has 0 fully saturated rings. The largest absolute Gasteiger partial charge is 0.481 e. The summed E-state index contributed by atoms with van der Waals surface area (Å²) >= 11 is 0. The van der Waals surface area contributed by atoms with Crippen LogP contribution in [0.5, 0.6) is 0 Å². The molecule has 0 aliphatic carbocycles. The Morgan fingerprint density at radius 1 is 1.26 bits per heavy atom. The highest BCUT2D eigenvalue weighted by molar-refractivity contribution is 5.84. The minimum Gasteiger partial charge on any atom is -0.481 e. The van der Waals surface area contributed by atoms with Crippen LogP contribution in [0.25, 0.3) is 10.9 Å². The van der Waals surface area contributed by atoms with Crippen molar-refractivity contribution in [1.29, 1.82) is 0 Å². The van der Waals surface area contributed by atoms with Crippen molar-refractivity contribution in [1.82, 2.24) is 9.88 Å². The topological polar surface area (TPSA) is 71.3 Å². The van der Waals surface area contributed by atoms with E-state index in [0.29, 0.717) is 6.42 Å². The van der Waals surface area contributed by atoms with Gasteiger partial charge in [0, 0.05) is 17.8 Å². The number of nitrogens with zero attached hydrogens (tertiary/aromatic N) is 1. The lowest BCUT2D eigenvalue weighted by molar-refractivity contribution is -0.142. The lowest BCUT2D eigenvalue weighted by Crippen LogP contribution is -2.35. The lowest BCUT2D eigenvalue weighted by Gasteiger charge is -2.16. The molecule has 0 saturated heterocycles. The van der Waals surface area contributed by atoms with Gasteiger partial charge in [-0.2, -0.15) is 0 Å². The molecular formula is C18H24N2O3. The Kier molecular flexibility index (Phi) is 5.42. The minimum atomic E-state index is -0.860. The Hall–Kier alpha value is -2.30. The number of carboxylic acids is 1. The first-order valence-corrected chi connectivity index (χ1v) is 7.93. The Morgan fingerprint density at radius 3 is 2.61 bits per heavy atom.